The maximum atomic E-state index is 12.9. The molecule has 0 aliphatic carbocycles. The molecule has 0 bridgehead atoms. The number of methoxy groups -OCH3 is 2. The SMILES string of the molecule is COCCN(Cc1ccc(OS(=O)(=O)c2cccc(C(F)(F)F)c2)cc1)C(=O)Nc1ccccc1OC. The molecule has 37 heavy (non-hydrogen) atoms. The number of alkyl halides is 3. The van der Waals surface area contributed by atoms with Crippen LogP contribution < -0.4 is 14.2 Å². The fraction of sp³-hybridized carbons (Fsp3) is 0.240. The highest BCUT2D eigenvalue weighted by Crippen LogP contribution is 2.31. The summed E-state index contributed by atoms with van der Waals surface area (Å²) in [6.45, 7) is 0.695. The van der Waals surface area contributed by atoms with Gasteiger partial charge in [0.05, 0.1) is 25.0 Å². The van der Waals surface area contributed by atoms with Gasteiger partial charge in [0.2, 0.25) is 0 Å². The molecule has 3 aromatic rings. The molecule has 2 amide bonds. The molecule has 0 atom stereocenters. The van der Waals surface area contributed by atoms with Gasteiger partial charge in [-0.1, -0.05) is 30.3 Å². The van der Waals surface area contributed by atoms with Crippen LogP contribution in [0.3, 0.4) is 0 Å². The molecule has 3 rings (SSSR count). The molecule has 0 saturated heterocycles. The second kappa shape index (κ2) is 12.0. The number of benzene rings is 3. The quantitative estimate of drug-likeness (QED) is 0.359. The van der Waals surface area contributed by atoms with Crippen LogP contribution in [0.1, 0.15) is 11.1 Å². The third-order valence-corrected chi connectivity index (χ3v) is 6.40. The number of carbonyl (C=O) groups excluding carboxylic acids is 1. The number of carbonyl (C=O) groups is 1. The van der Waals surface area contributed by atoms with Crippen molar-refractivity contribution in [2.24, 2.45) is 0 Å². The largest absolute Gasteiger partial charge is 0.495 e. The van der Waals surface area contributed by atoms with Gasteiger partial charge in [0, 0.05) is 20.2 Å². The van der Waals surface area contributed by atoms with Gasteiger partial charge in [-0.3, -0.25) is 0 Å². The zero-order valence-electron chi connectivity index (χ0n) is 20.0. The van der Waals surface area contributed by atoms with E-state index in [-0.39, 0.29) is 25.4 Å². The molecule has 0 heterocycles. The number of halogens is 3. The highest BCUT2D eigenvalue weighted by Gasteiger charge is 2.32. The molecule has 3 aromatic carbocycles. The minimum Gasteiger partial charge on any atom is -0.495 e. The number of amides is 2. The van der Waals surface area contributed by atoms with Crippen LogP contribution in [0, 0.1) is 0 Å². The first-order valence-electron chi connectivity index (χ1n) is 10.9. The van der Waals surface area contributed by atoms with E-state index in [0.29, 0.717) is 23.1 Å². The molecule has 12 heteroatoms. The lowest BCUT2D eigenvalue weighted by Gasteiger charge is -2.23. The van der Waals surface area contributed by atoms with Gasteiger partial charge in [-0.2, -0.15) is 21.6 Å². The number of rotatable bonds is 10. The highest BCUT2D eigenvalue weighted by molar-refractivity contribution is 7.87. The molecule has 0 saturated carbocycles. The van der Waals surface area contributed by atoms with Crippen LogP contribution in [-0.2, 0) is 27.6 Å². The molecular formula is C25H25F3N2O6S. The molecule has 0 spiro atoms. The van der Waals surface area contributed by atoms with E-state index in [0.717, 1.165) is 18.2 Å². The van der Waals surface area contributed by atoms with E-state index >= 15 is 0 Å². The highest BCUT2D eigenvalue weighted by atomic mass is 32.2. The number of nitrogens with zero attached hydrogens (tertiary/aromatic N) is 1. The van der Waals surface area contributed by atoms with E-state index in [1.807, 2.05) is 0 Å². The first kappa shape index (κ1) is 27.8. The van der Waals surface area contributed by atoms with Crippen molar-refractivity contribution in [3.8, 4) is 11.5 Å². The lowest BCUT2D eigenvalue weighted by Crippen LogP contribution is -2.36. The van der Waals surface area contributed by atoms with Crippen LogP contribution in [-0.4, -0.2) is 46.7 Å². The fourth-order valence-electron chi connectivity index (χ4n) is 3.27. The average molecular weight is 539 g/mol. The van der Waals surface area contributed by atoms with Gasteiger partial charge in [0.25, 0.3) is 0 Å². The molecule has 0 aliphatic heterocycles. The zero-order chi connectivity index (χ0) is 27.1. The summed E-state index contributed by atoms with van der Waals surface area (Å²) in [7, 11) is -1.50. The predicted molar refractivity (Wildman–Crippen MR) is 130 cm³/mol. The van der Waals surface area contributed by atoms with Crippen molar-refractivity contribution in [2.75, 3.05) is 32.7 Å². The van der Waals surface area contributed by atoms with Crippen molar-refractivity contribution < 1.29 is 40.0 Å². The second-order valence-corrected chi connectivity index (χ2v) is 9.30. The minimum atomic E-state index is -4.69. The van der Waals surface area contributed by atoms with Crippen LogP contribution in [0.5, 0.6) is 11.5 Å². The Hall–Kier alpha value is -3.77. The summed E-state index contributed by atoms with van der Waals surface area (Å²) in [5.74, 6) is 0.397. The van der Waals surface area contributed by atoms with Gasteiger partial charge in [-0.25, -0.2) is 4.79 Å². The Morgan fingerprint density at radius 2 is 1.68 bits per heavy atom. The summed E-state index contributed by atoms with van der Waals surface area (Å²) >= 11 is 0. The molecule has 8 nitrogen and oxygen atoms in total. The third kappa shape index (κ3) is 7.61. The number of hydrogen-bond acceptors (Lipinski definition) is 6. The lowest BCUT2D eigenvalue weighted by molar-refractivity contribution is -0.137. The number of hydrogen-bond donors (Lipinski definition) is 1. The summed E-state index contributed by atoms with van der Waals surface area (Å²) in [6, 6.07) is 15.6. The van der Waals surface area contributed by atoms with Crippen LogP contribution in [0.15, 0.2) is 77.7 Å². The van der Waals surface area contributed by atoms with Crippen LogP contribution in [0.25, 0.3) is 0 Å². The van der Waals surface area contributed by atoms with Gasteiger partial charge in [0.15, 0.2) is 0 Å². The van der Waals surface area contributed by atoms with Crippen molar-refractivity contribution >= 4 is 21.8 Å². The Bertz CT molecular complexity index is 1310. The third-order valence-electron chi connectivity index (χ3n) is 5.15. The maximum absolute atomic E-state index is 12.9. The fourth-order valence-corrected chi connectivity index (χ4v) is 4.25. The van der Waals surface area contributed by atoms with E-state index < -0.39 is 32.8 Å². The van der Waals surface area contributed by atoms with Gasteiger partial charge in [0.1, 0.15) is 16.4 Å². The van der Waals surface area contributed by atoms with E-state index in [1.54, 1.807) is 36.4 Å². The number of anilines is 1. The average Bonchev–Trinajstić information content (AvgIpc) is 2.87. The Kier molecular flexibility index (Phi) is 9.00. The van der Waals surface area contributed by atoms with Crippen LogP contribution >= 0.6 is 0 Å². The molecule has 1 N–H and O–H groups in total. The molecule has 0 aromatic heterocycles. The standard InChI is InChI=1S/C25H25F3N2O6S/c1-34-15-14-30(24(31)29-22-8-3-4-9-23(22)35-2)17-18-10-12-20(13-11-18)36-37(32,33)21-7-5-6-19(16-21)25(26,27)28/h3-13,16H,14-15,17H2,1-2H3,(H,29,31). The Balaban J connectivity index is 1.72. The van der Waals surface area contributed by atoms with E-state index in [4.69, 9.17) is 13.7 Å². The zero-order valence-corrected chi connectivity index (χ0v) is 20.8. The second-order valence-electron chi connectivity index (χ2n) is 7.75. The molecule has 198 valence electrons. The smallest absolute Gasteiger partial charge is 0.416 e. The Morgan fingerprint density at radius 1 is 0.973 bits per heavy atom. The van der Waals surface area contributed by atoms with Gasteiger partial charge in [-0.15, -0.1) is 0 Å². The summed E-state index contributed by atoms with van der Waals surface area (Å²) in [5.41, 5.74) is 0.0335. The number of ether oxygens (including phenoxy) is 2. The topological polar surface area (TPSA) is 94.2 Å². The molecule has 0 fully saturated rings. The van der Waals surface area contributed by atoms with Crippen molar-refractivity contribution in [2.45, 2.75) is 17.6 Å². The normalized spacial score (nSPS) is 11.6. The lowest BCUT2D eigenvalue weighted by atomic mass is 10.2. The summed E-state index contributed by atoms with van der Waals surface area (Å²) < 4.78 is 79.2. The number of para-hydroxylation sites is 2. The van der Waals surface area contributed by atoms with Gasteiger partial charge < -0.3 is 23.9 Å². The molecular weight excluding hydrogens is 513 g/mol. The van der Waals surface area contributed by atoms with Crippen molar-refractivity contribution in [3.05, 3.63) is 83.9 Å². The molecule has 0 radical (unpaired) electrons. The van der Waals surface area contributed by atoms with E-state index in [1.165, 1.54) is 31.3 Å². The Morgan fingerprint density at radius 3 is 2.32 bits per heavy atom. The summed E-state index contributed by atoms with van der Waals surface area (Å²) in [5, 5.41) is 2.79. The minimum absolute atomic E-state index is 0.0944. The maximum Gasteiger partial charge on any atom is 0.416 e. The molecule has 0 aliphatic rings. The first-order chi connectivity index (χ1) is 17.5. The first-order valence-corrected chi connectivity index (χ1v) is 12.3. The summed E-state index contributed by atoms with van der Waals surface area (Å²) in [6.07, 6.45) is -4.69. The van der Waals surface area contributed by atoms with Gasteiger partial charge in [-0.05, 0) is 48.0 Å². The Labute approximate surface area is 212 Å². The van der Waals surface area contributed by atoms with E-state index in [2.05, 4.69) is 5.32 Å². The number of urea groups is 1. The van der Waals surface area contributed by atoms with Crippen LogP contribution in [0.2, 0.25) is 0 Å². The molecule has 0 unspecified atom stereocenters. The monoisotopic (exact) mass is 538 g/mol. The van der Waals surface area contributed by atoms with Crippen molar-refractivity contribution in [1.29, 1.82) is 0 Å². The van der Waals surface area contributed by atoms with Crippen LogP contribution in [0.4, 0.5) is 23.7 Å². The van der Waals surface area contributed by atoms with Crippen molar-refractivity contribution in [1.82, 2.24) is 4.90 Å². The summed E-state index contributed by atoms with van der Waals surface area (Å²) in [4.78, 5) is 13.8. The van der Waals surface area contributed by atoms with Gasteiger partial charge >= 0.3 is 22.3 Å². The predicted octanol–water partition coefficient (Wildman–Crippen LogP) is 5.16. The van der Waals surface area contributed by atoms with Crippen molar-refractivity contribution in [3.63, 3.8) is 0 Å². The van der Waals surface area contributed by atoms with E-state index in [9.17, 15) is 26.4 Å². The number of nitrogens with one attached hydrogen (secondary N) is 1.